The molecule has 1 aliphatic heterocycles. The fourth-order valence-corrected chi connectivity index (χ4v) is 1.93. The quantitative estimate of drug-likeness (QED) is 0.777. The van der Waals surface area contributed by atoms with Gasteiger partial charge in [-0.05, 0) is 24.6 Å². The Morgan fingerprint density at radius 3 is 2.78 bits per heavy atom. The van der Waals surface area contributed by atoms with Crippen molar-refractivity contribution in [2.24, 2.45) is 0 Å². The van der Waals surface area contributed by atoms with E-state index < -0.39 is 17.9 Å². The van der Waals surface area contributed by atoms with Gasteiger partial charge in [0.05, 0.1) is 6.42 Å². The highest BCUT2D eigenvalue weighted by Gasteiger charge is 2.32. The molecular weight excluding hydrogens is 256 g/mol. The summed E-state index contributed by atoms with van der Waals surface area (Å²) in [4.78, 5) is 34.3. The minimum atomic E-state index is -0.802. The molecule has 6 heteroatoms. The third kappa shape index (κ3) is 2.36. The molecule has 18 heavy (non-hydrogen) atoms. The summed E-state index contributed by atoms with van der Waals surface area (Å²) < 4.78 is 0. The Hall–Kier alpha value is -1.88. The summed E-state index contributed by atoms with van der Waals surface area (Å²) in [6.45, 7) is 1.72. The van der Waals surface area contributed by atoms with Gasteiger partial charge in [0, 0.05) is 10.6 Å². The van der Waals surface area contributed by atoms with Crippen molar-refractivity contribution >= 4 is 29.3 Å². The van der Waals surface area contributed by atoms with Crippen molar-refractivity contribution in [1.82, 2.24) is 10.6 Å². The zero-order chi connectivity index (χ0) is 13.3. The van der Waals surface area contributed by atoms with E-state index in [0.29, 0.717) is 16.1 Å². The molecule has 1 aromatic carbocycles. The van der Waals surface area contributed by atoms with E-state index in [1.165, 1.54) is 0 Å². The summed E-state index contributed by atoms with van der Waals surface area (Å²) in [5.41, 5.74) is 1.04. The van der Waals surface area contributed by atoms with Gasteiger partial charge >= 0.3 is 0 Å². The number of halogens is 1. The third-order valence-electron chi connectivity index (χ3n) is 2.79. The minimum Gasteiger partial charge on any atom is -0.340 e. The van der Waals surface area contributed by atoms with E-state index in [0.717, 1.165) is 0 Å². The molecule has 0 aliphatic carbocycles. The number of carbonyl (C=O) groups is 3. The van der Waals surface area contributed by atoms with E-state index in [1.54, 1.807) is 25.1 Å². The second kappa shape index (κ2) is 4.78. The van der Waals surface area contributed by atoms with Crippen LogP contribution in [0, 0.1) is 6.92 Å². The average molecular weight is 267 g/mol. The summed E-state index contributed by atoms with van der Waals surface area (Å²) in [5, 5.41) is 5.13. The molecule has 0 aromatic heterocycles. The molecule has 1 saturated heterocycles. The second-order valence-electron chi connectivity index (χ2n) is 4.05. The molecule has 2 rings (SSSR count). The van der Waals surface area contributed by atoms with Gasteiger partial charge in [0.25, 0.3) is 5.91 Å². The van der Waals surface area contributed by atoms with Gasteiger partial charge in [0.1, 0.15) is 6.04 Å². The Bertz CT molecular complexity index is 542. The number of imide groups is 1. The van der Waals surface area contributed by atoms with E-state index >= 15 is 0 Å². The molecule has 5 nitrogen and oxygen atoms in total. The minimum absolute atomic E-state index is 0.0236. The van der Waals surface area contributed by atoms with Crippen LogP contribution in [0.2, 0.25) is 5.02 Å². The topological polar surface area (TPSA) is 75.3 Å². The monoisotopic (exact) mass is 266 g/mol. The first-order valence-electron chi connectivity index (χ1n) is 5.38. The van der Waals surface area contributed by atoms with E-state index in [9.17, 15) is 14.4 Å². The molecular formula is C12H11ClN2O3. The molecule has 1 atom stereocenters. The van der Waals surface area contributed by atoms with Crippen LogP contribution < -0.4 is 10.6 Å². The van der Waals surface area contributed by atoms with Gasteiger partial charge in [-0.15, -0.1) is 0 Å². The van der Waals surface area contributed by atoms with Gasteiger partial charge in [-0.2, -0.15) is 0 Å². The molecule has 94 valence electrons. The van der Waals surface area contributed by atoms with Gasteiger partial charge < -0.3 is 5.32 Å². The number of hydrogen-bond acceptors (Lipinski definition) is 3. The fraction of sp³-hybridized carbons (Fsp3) is 0.250. The first kappa shape index (κ1) is 12.6. The number of benzene rings is 1. The lowest BCUT2D eigenvalue weighted by Crippen LogP contribution is -2.40. The van der Waals surface area contributed by atoms with Gasteiger partial charge in [0.15, 0.2) is 0 Å². The Labute approximate surface area is 109 Å². The van der Waals surface area contributed by atoms with Crippen molar-refractivity contribution in [3.05, 3.63) is 34.3 Å². The van der Waals surface area contributed by atoms with Crippen LogP contribution in [0.5, 0.6) is 0 Å². The summed E-state index contributed by atoms with van der Waals surface area (Å²) >= 11 is 5.91. The number of hydrogen-bond donors (Lipinski definition) is 2. The van der Waals surface area contributed by atoms with Gasteiger partial charge in [-0.1, -0.05) is 17.7 Å². The molecule has 1 heterocycles. The van der Waals surface area contributed by atoms with Crippen LogP contribution in [0.25, 0.3) is 0 Å². The summed E-state index contributed by atoms with van der Waals surface area (Å²) in [6, 6.07) is 4.15. The first-order chi connectivity index (χ1) is 8.49. The first-order valence-corrected chi connectivity index (χ1v) is 5.76. The maximum Gasteiger partial charge on any atom is 0.252 e. The van der Waals surface area contributed by atoms with Crippen molar-refractivity contribution in [1.29, 1.82) is 0 Å². The maximum atomic E-state index is 12.0. The lowest BCUT2D eigenvalue weighted by molar-refractivity contribution is -0.125. The predicted octanol–water partition coefficient (Wildman–Crippen LogP) is 0.793. The van der Waals surface area contributed by atoms with Crippen LogP contribution in [-0.4, -0.2) is 23.8 Å². The molecule has 1 aliphatic rings. The predicted molar refractivity (Wildman–Crippen MR) is 65.2 cm³/mol. The van der Waals surface area contributed by atoms with Crippen molar-refractivity contribution in [3.8, 4) is 0 Å². The number of rotatable bonds is 2. The molecule has 3 amide bonds. The van der Waals surface area contributed by atoms with E-state index in [-0.39, 0.29) is 12.3 Å². The largest absolute Gasteiger partial charge is 0.340 e. The molecule has 0 bridgehead atoms. The Morgan fingerprint density at radius 2 is 2.17 bits per heavy atom. The summed E-state index contributed by atoms with van der Waals surface area (Å²) in [5.74, 6) is -1.27. The SMILES string of the molecule is Cc1c(Cl)cccc1C(=O)NC1CC(=O)NC1=O. The van der Waals surface area contributed by atoms with Gasteiger partial charge in [-0.3, -0.25) is 19.7 Å². The van der Waals surface area contributed by atoms with Crippen LogP contribution >= 0.6 is 11.6 Å². The molecule has 1 unspecified atom stereocenters. The summed E-state index contributed by atoms with van der Waals surface area (Å²) in [7, 11) is 0. The zero-order valence-electron chi connectivity index (χ0n) is 9.62. The Kier molecular flexibility index (Phi) is 3.34. The molecule has 0 spiro atoms. The van der Waals surface area contributed by atoms with Gasteiger partial charge in [-0.25, -0.2) is 0 Å². The Morgan fingerprint density at radius 1 is 1.44 bits per heavy atom. The van der Waals surface area contributed by atoms with Crippen LogP contribution in [-0.2, 0) is 9.59 Å². The molecule has 2 N–H and O–H groups in total. The van der Waals surface area contributed by atoms with Crippen molar-refractivity contribution in [3.63, 3.8) is 0 Å². The summed E-state index contributed by atoms with van der Waals surface area (Å²) in [6.07, 6.45) is -0.0236. The number of amides is 3. The average Bonchev–Trinajstić information content (AvgIpc) is 2.61. The van der Waals surface area contributed by atoms with Crippen LogP contribution in [0.15, 0.2) is 18.2 Å². The van der Waals surface area contributed by atoms with E-state index in [4.69, 9.17) is 11.6 Å². The number of carbonyl (C=O) groups excluding carboxylic acids is 3. The molecule has 1 aromatic rings. The second-order valence-corrected chi connectivity index (χ2v) is 4.46. The standard InChI is InChI=1S/C12H11ClN2O3/c1-6-7(3-2-4-8(6)13)11(17)14-9-5-10(16)15-12(9)18/h2-4,9H,5H2,1H3,(H,14,17)(H,15,16,18). The van der Waals surface area contributed by atoms with E-state index in [2.05, 4.69) is 10.6 Å². The molecule has 0 saturated carbocycles. The lowest BCUT2D eigenvalue weighted by Gasteiger charge is -2.11. The number of nitrogens with one attached hydrogen (secondary N) is 2. The third-order valence-corrected chi connectivity index (χ3v) is 3.20. The van der Waals surface area contributed by atoms with Crippen LogP contribution in [0.1, 0.15) is 22.3 Å². The van der Waals surface area contributed by atoms with E-state index in [1.807, 2.05) is 0 Å². The fourth-order valence-electron chi connectivity index (χ4n) is 1.76. The smallest absolute Gasteiger partial charge is 0.252 e. The van der Waals surface area contributed by atoms with Crippen molar-refractivity contribution in [2.75, 3.05) is 0 Å². The molecule has 1 fully saturated rings. The highest BCUT2D eigenvalue weighted by Crippen LogP contribution is 2.18. The highest BCUT2D eigenvalue weighted by molar-refractivity contribution is 6.31. The lowest BCUT2D eigenvalue weighted by atomic mass is 10.1. The highest BCUT2D eigenvalue weighted by atomic mass is 35.5. The maximum absolute atomic E-state index is 12.0. The normalized spacial score (nSPS) is 18.7. The Balaban J connectivity index is 2.15. The zero-order valence-corrected chi connectivity index (χ0v) is 10.4. The van der Waals surface area contributed by atoms with Crippen molar-refractivity contribution in [2.45, 2.75) is 19.4 Å². The van der Waals surface area contributed by atoms with Crippen LogP contribution in [0.4, 0.5) is 0 Å². The van der Waals surface area contributed by atoms with Crippen LogP contribution in [0.3, 0.4) is 0 Å². The van der Waals surface area contributed by atoms with Gasteiger partial charge in [0.2, 0.25) is 11.8 Å². The molecule has 0 radical (unpaired) electrons. The van der Waals surface area contributed by atoms with Crippen molar-refractivity contribution < 1.29 is 14.4 Å².